The maximum absolute atomic E-state index is 3.42. The lowest BCUT2D eigenvalue weighted by molar-refractivity contribution is 0.260. The van der Waals surface area contributed by atoms with Crippen molar-refractivity contribution in [2.24, 2.45) is 17.8 Å². The lowest BCUT2D eigenvalue weighted by atomic mass is 9.93. The highest BCUT2D eigenvalue weighted by Crippen LogP contribution is 2.57. The zero-order valence-corrected chi connectivity index (χ0v) is 14.9. The van der Waals surface area contributed by atoms with Gasteiger partial charge in [0, 0.05) is 25.0 Å². The SMILES string of the molecule is CCC(CC(C)CN(C)CC1C2=CC(C(C)CC)=C21)NC. The van der Waals surface area contributed by atoms with Gasteiger partial charge in [0.25, 0.3) is 0 Å². The zero-order chi connectivity index (χ0) is 15.6. The summed E-state index contributed by atoms with van der Waals surface area (Å²) in [7, 11) is 4.38. The van der Waals surface area contributed by atoms with Gasteiger partial charge in [-0.15, -0.1) is 0 Å². The van der Waals surface area contributed by atoms with Gasteiger partial charge in [-0.2, -0.15) is 0 Å². The Balaban J connectivity index is 1.73. The first kappa shape index (κ1) is 16.8. The van der Waals surface area contributed by atoms with E-state index >= 15 is 0 Å². The van der Waals surface area contributed by atoms with Crippen LogP contribution in [0, 0.1) is 17.8 Å². The van der Waals surface area contributed by atoms with Crippen LogP contribution in [-0.4, -0.2) is 38.1 Å². The molecule has 2 nitrogen and oxygen atoms in total. The maximum Gasteiger partial charge on any atom is 0.0226 e. The Morgan fingerprint density at radius 2 is 1.95 bits per heavy atom. The molecule has 0 amide bonds. The highest BCUT2D eigenvalue weighted by atomic mass is 15.1. The summed E-state index contributed by atoms with van der Waals surface area (Å²) in [5, 5.41) is 3.42. The minimum absolute atomic E-state index is 0.674. The Kier molecular flexibility index (Phi) is 5.67. The molecule has 0 bridgehead atoms. The fourth-order valence-corrected chi connectivity index (χ4v) is 3.79. The molecule has 0 aromatic carbocycles. The molecule has 0 saturated heterocycles. The Labute approximate surface area is 131 Å². The Bertz CT molecular complexity index is 417. The van der Waals surface area contributed by atoms with E-state index < -0.39 is 0 Å². The first-order valence-corrected chi connectivity index (χ1v) is 8.83. The van der Waals surface area contributed by atoms with Crippen molar-refractivity contribution < 1.29 is 0 Å². The number of hydrogen-bond donors (Lipinski definition) is 1. The largest absolute Gasteiger partial charge is 0.317 e. The second-order valence-corrected chi connectivity index (χ2v) is 7.29. The molecule has 2 rings (SSSR count). The van der Waals surface area contributed by atoms with E-state index in [-0.39, 0.29) is 0 Å². The standard InChI is InChI=1S/C19H34N2/c1-7-14(4)16-10-17-18(19(16)17)12-21(6)11-13(3)9-15(8-2)20-5/h10,13-15,18,20H,7-9,11-12H2,1-6H3. The van der Waals surface area contributed by atoms with Crippen molar-refractivity contribution in [2.75, 3.05) is 27.2 Å². The molecule has 0 aliphatic heterocycles. The van der Waals surface area contributed by atoms with Gasteiger partial charge in [-0.25, -0.2) is 0 Å². The van der Waals surface area contributed by atoms with Gasteiger partial charge in [-0.05, 0) is 61.9 Å². The minimum Gasteiger partial charge on any atom is -0.317 e. The van der Waals surface area contributed by atoms with E-state index in [9.17, 15) is 0 Å². The molecule has 1 fully saturated rings. The molecule has 1 N–H and O–H groups in total. The molecule has 4 atom stereocenters. The van der Waals surface area contributed by atoms with Gasteiger partial charge in [0.15, 0.2) is 0 Å². The minimum atomic E-state index is 0.674. The van der Waals surface area contributed by atoms with Gasteiger partial charge in [0.05, 0.1) is 0 Å². The van der Waals surface area contributed by atoms with Crippen LogP contribution in [0.2, 0.25) is 0 Å². The summed E-state index contributed by atoms with van der Waals surface area (Å²) >= 11 is 0. The first-order chi connectivity index (χ1) is 10.0. The van der Waals surface area contributed by atoms with Crippen LogP contribution in [0.4, 0.5) is 0 Å². The fourth-order valence-electron chi connectivity index (χ4n) is 3.79. The molecule has 4 unspecified atom stereocenters. The number of fused-ring (bicyclic) bond motifs is 1. The van der Waals surface area contributed by atoms with Crippen LogP contribution in [-0.2, 0) is 0 Å². The normalized spacial score (nSPS) is 24.3. The smallest absolute Gasteiger partial charge is 0.0226 e. The monoisotopic (exact) mass is 290 g/mol. The molecule has 0 heterocycles. The average Bonchev–Trinajstić information content (AvgIpc) is 2.97. The van der Waals surface area contributed by atoms with Crippen LogP contribution < -0.4 is 5.32 Å². The Hall–Kier alpha value is -0.600. The third kappa shape index (κ3) is 3.78. The number of nitrogens with one attached hydrogen (secondary N) is 1. The lowest BCUT2D eigenvalue weighted by Crippen LogP contribution is -2.32. The molecular weight excluding hydrogens is 256 g/mol. The van der Waals surface area contributed by atoms with E-state index in [1.807, 2.05) is 0 Å². The summed E-state index contributed by atoms with van der Waals surface area (Å²) in [4.78, 5) is 2.54. The van der Waals surface area contributed by atoms with E-state index in [1.54, 1.807) is 16.7 Å². The first-order valence-electron chi connectivity index (χ1n) is 8.83. The topological polar surface area (TPSA) is 15.3 Å². The van der Waals surface area contributed by atoms with Crippen LogP contribution in [0.5, 0.6) is 0 Å². The van der Waals surface area contributed by atoms with Crippen molar-refractivity contribution in [3.05, 3.63) is 22.8 Å². The van der Waals surface area contributed by atoms with Gasteiger partial charge < -0.3 is 10.2 Å². The summed E-state index contributed by atoms with van der Waals surface area (Å²) < 4.78 is 0. The van der Waals surface area contributed by atoms with Crippen LogP contribution in [0.1, 0.15) is 47.0 Å². The van der Waals surface area contributed by atoms with Crippen molar-refractivity contribution >= 4 is 0 Å². The van der Waals surface area contributed by atoms with Crippen molar-refractivity contribution in [3.8, 4) is 0 Å². The quantitative estimate of drug-likeness (QED) is 0.657. The van der Waals surface area contributed by atoms with Crippen LogP contribution in [0.25, 0.3) is 0 Å². The summed E-state index contributed by atoms with van der Waals surface area (Å²) in [6.07, 6.45) is 6.24. The van der Waals surface area contributed by atoms with Crippen LogP contribution in [0.15, 0.2) is 22.8 Å². The molecule has 2 aliphatic carbocycles. The van der Waals surface area contributed by atoms with E-state index in [0.29, 0.717) is 6.04 Å². The molecule has 21 heavy (non-hydrogen) atoms. The summed E-state index contributed by atoms with van der Waals surface area (Å²) in [5.41, 5.74) is 5.03. The molecule has 120 valence electrons. The van der Waals surface area contributed by atoms with Gasteiger partial charge in [-0.3, -0.25) is 0 Å². The highest BCUT2D eigenvalue weighted by molar-refractivity contribution is 5.71. The second kappa shape index (κ2) is 7.11. The van der Waals surface area contributed by atoms with Gasteiger partial charge in [0.2, 0.25) is 0 Å². The Morgan fingerprint density at radius 3 is 2.52 bits per heavy atom. The second-order valence-electron chi connectivity index (χ2n) is 7.29. The molecule has 0 spiro atoms. The van der Waals surface area contributed by atoms with Crippen molar-refractivity contribution in [1.29, 1.82) is 0 Å². The van der Waals surface area contributed by atoms with Gasteiger partial charge >= 0.3 is 0 Å². The van der Waals surface area contributed by atoms with Crippen molar-refractivity contribution in [2.45, 2.75) is 53.0 Å². The number of allylic oxidation sites excluding steroid dienone is 2. The third-order valence-corrected chi connectivity index (χ3v) is 5.42. The number of rotatable bonds is 10. The molecule has 2 aliphatic rings. The average molecular weight is 290 g/mol. The van der Waals surface area contributed by atoms with Crippen molar-refractivity contribution in [1.82, 2.24) is 10.2 Å². The molecule has 0 radical (unpaired) electrons. The predicted molar refractivity (Wildman–Crippen MR) is 92.5 cm³/mol. The lowest BCUT2D eigenvalue weighted by Gasteiger charge is -2.24. The van der Waals surface area contributed by atoms with E-state index in [0.717, 1.165) is 17.8 Å². The predicted octanol–water partition coefficient (Wildman–Crippen LogP) is 3.85. The highest BCUT2D eigenvalue weighted by Gasteiger charge is 2.46. The van der Waals surface area contributed by atoms with Crippen LogP contribution >= 0.6 is 0 Å². The van der Waals surface area contributed by atoms with E-state index in [1.165, 1.54) is 32.4 Å². The van der Waals surface area contributed by atoms with Gasteiger partial charge in [-0.1, -0.05) is 33.8 Å². The fraction of sp³-hybridized carbons (Fsp3) is 0.789. The number of nitrogens with zero attached hydrogens (tertiary/aromatic N) is 1. The molecule has 1 saturated carbocycles. The van der Waals surface area contributed by atoms with Gasteiger partial charge in [0.1, 0.15) is 0 Å². The Morgan fingerprint density at radius 1 is 1.24 bits per heavy atom. The summed E-state index contributed by atoms with van der Waals surface area (Å²) in [5.74, 6) is 2.30. The molecular formula is C19H34N2. The summed E-state index contributed by atoms with van der Waals surface area (Å²) in [6.45, 7) is 11.8. The van der Waals surface area contributed by atoms with E-state index in [4.69, 9.17) is 0 Å². The number of hydrogen-bond acceptors (Lipinski definition) is 2. The summed E-state index contributed by atoms with van der Waals surface area (Å²) in [6, 6.07) is 0.674. The maximum atomic E-state index is 3.42. The van der Waals surface area contributed by atoms with Crippen LogP contribution in [0.3, 0.4) is 0 Å². The third-order valence-electron chi connectivity index (χ3n) is 5.42. The van der Waals surface area contributed by atoms with Crippen molar-refractivity contribution in [3.63, 3.8) is 0 Å². The zero-order valence-electron chi connectivity index (χ0n) is 14.9. The molecule has 2 heteroatoms. The van der Waals surface area contributed by atoms with E-state index in [2.05, 4.69) is 58.1 Å². The molecule has 0 aromatic rings. The molecule has 0 aromatic heterocycles.